The van der Waals surface area contributed by atoms with Gasteiger partial charge in [-0.05, 0) is 34.4 Å². The molecule has 0 aromatic heterocycles. The van der Waals surface area contributed by atoms with Gasteiger partial charge in [-0.3, -0.25) is 0 Å². The summed E-state index contributed by atoms with van der Waals surface area (Å²) in [4.78, 5) is 0. The van der Waals surface area contributed by atoms with Gasteiger partial charge < -0.3 is 10.5 Å². The van der Waals surface area contributed by atoms with Gasteiger partial charge in [0.25, 0.3) is 0 Å². The molecule has 0 saturated heterocycles. The Morgan fingerprint density at radius 1 is 0.895 bits per heavy atom. The molecular formula is C15H13Cl2NO. The summed E-state index contributed by atoms with van der Waals surface area (Å²) in [7, 11) is 0. The van der Waals surface area contributed by atoms with E-state index in [4.69, 9.17) is 33.7 Å². The largest absolute Gasteiger partial charge is 0.372 e. The average Bonchev–Trinajstić information content (AvgIpc) is 2.88. The van der Waals surface area contributed by atoms with Crippen LogP contribution in [0.2, 0.25) is 10.0 Å². The summed E-state index contributed by atoms with van der Waals surface area (Å²) in [5.74, 6) is 0. The minimum Gasteiger partial charge on any atom is -0.372 e. The van der Waals surface area contributed by atoms with Crippen molar-refractivity contribution in [1.29, 1.82) is 0 Å². The molecule has 0 saturated carbocycles. The number of halogens is 2. The summed E-state index contributed by atoms with van der Waals surface area (Å²) in [5, 5.41) is 1.07. The number of rotatable bonds is 2. The molecule has 2 N–H and O–H groups in total. The van der Waals surface area contributed by atoms with Gasteiger partial charge in [-0.1, -0.05) is 47.5 Å². The normalized spacial score (nSPS) is 15.3. The molecular weight excluding hydrogens is 281 g/mol. The Morgan fingerprint density at radius 2 is 1.58 bits per heavy atom. The number of fused-ring (bicyclic) bond motifs is 1. The molecule has 1 unspecified atom stereocenters. The molecule has 3 rings (SSSR count). The SMILES string of the molecule is NC(c1ccc(Cl)c(Cl)c1)c1ccc2c(c1)COC2. The van der Waals surface area contributed by atoms with Gasteiger partial charge >= 0.3 is 0 Å². The topological polar surface area (TPSA) is 35.2 Å². The fourth-order valence-corrected chi connectivity index (χ4v) is 2.59. The van der Waals surface area contributed by atoms with E-state index in [1.807, 2.05) is 18.2 Å². The Kier molecular flexibility index (Phi) is 3.50. The van der Waals surface area contributed by atoms with Gasteiger partial charge in [-0.15, -0.1) is 0 Å². The van der Waals surface area contributed by atoms with Gasteiger partial charge in [0.2, 0.25) is 0 Å². The molecule has 1 aliphatic heterocycles. The average molecular weight is 294 g/mol. The summed E-state index contributed by atoms with van der Waals surface area (Å²) < 4.78 is 5.41. The van der Waals surface area contributed by atoms with E-state index in [1.54, 1.807) is 6.07 Å². The highest BCUT2D eigenvalue weighted by Crippen LogP contribution is 2.29. The third-order valence-corrected chi connectivity index (χ3v) is 4.15. The lowest BCUT2D eigenvalue weighted by Gasteiger charge is -2.14. The predicted octanol–water partition coefficient (Wildman–Crippen LogP) is 4.07. The molecule has 0 radical (unpaired) electrons. The first kappa shape index (κ1) is 12.9. The van der Waals surface area contributed by atoms with Crippen LogP contribution in [-0.4, -0.2) is 0 Å². The maximum absolute atomic E-state index is 6.29. The number of hydrogen-bond acceptors (Lipinski definition) is 2. The van der Waals surface area contributed by atoms with Crippen molar-refractivity contribution in [3.05, 3.63) is 68.7 Å². The van der Waals surface area contributed by atoms with Crippen molar-refractivity contribution >= 4 is 23.2 Å². The van der Waals surface area contributed by atoms with E-state index in [0.29, 0.717) is 23.3 Å². The monoisotopic (exact) mass is 293 g/mol. The standard InChI is InChI=1S/C15H13Cl2NO/c16-13-4-3-10(6-14(13)17)15(18)9-1-2-11-7-19-8-12(11)5-9/h1-6,15H,7-8,18H2. The van der Waals surface area contributed by atoms with E-state index < -0.39 is 0 Å². The molecule has 0 aliphatic carbocycles. The highest BCUT2D eigenvalue weighted by Gasteiger charge is 2.15. The first-order valence-corrected chi connectivity index (χ1v) is 6.81. The molecule has 0 fully saturated rings. The minimum absolute atomic E-state index is 0.208. The maximum Gasteiger partial charge on any atom is 0.0725 e. The van der Waals surface area contributed by atoms with Crippen LogP contribution in [0.1, 0.15) is 28.3 Å². The third kappa shape index (κ3) is 2.49. The van der Waals surface area contributed by atoms with Crippen molar-refractivity contribution in [3.8, 4) is 0 Å². The molecule has 1 heterocycles. The van der Waals surface area contributed by atoms with Crippen LogP contribution in [0.25, 0.3) is 0 Å². The summed E-state index contributed by atoms with van der Waals surface area (Å²) in [5.41, 5.74) is 10.8. The van der Waals surface area contributed by atoms with Gasteiger partial charge in [-0.2, -0.15) is 0 Å². The molecule has 0 spiro atoms. The van der Waals surface area contributed by atoms with Gasteiger partial charge in [0.05, 0.1) is 29.3 Å². The Bertz CT molecular complexity index is 628. The lowest BCUT2D eigenvalue weighted by Crippen LogP contribution is -2.12. The van der Waals surface area contributed by atoms with Gasteiger partial charge in [-0.25, -0.2) is 0 Å². The molecule has 0 amide bonds. The van der Waals surface area contributed by atoms with Crippen LogP contribution >= 0.6 is 23.2 Å². The Balaban J connectivity index is 1.94. The van der Waals surface area contributed by atoms with Crippen LogP contribution in [0, 0.1) is 0 Å². The number of ether oxygens (including phenoxy) is 1. The highest BCUT2D eigenvalue weighted by molar-refractivity contribution is 6.42. The van der Waals surface area contributed by atoms with Crippen LogP contribution in [0.15, 0.2) is 36.4 Å². The lowest BCUT2D eigenvalue weighted by molar-refractivity contribution is 0.134. The second-order valence-corrected chi connectivity index (χ2v) is 5.49. The number of nitrogens with two attached hydrogens (primary N) is 1. The lowest BCUT2D eigenvalue weighted by atomic mass is 9.96. The van der Waals surface area contributed by atoms with E-state index >= 15 is 0 Å². The van der Waals surface area contributed by atoms with Gasteiger partial charge in [0, 0.05) is 0 Å². The fourth-order valence-electron chi connectivity index (χ4n) is 2.28. The quantitative estimate of drug-likeness (QED) is 0.906. The molecule has 19 heavy (non-hydrogen) atoms. The zero-order chi connectivity index (χ0) is 13.4. The van der Waals surface area contributed by atoms with E-state index in [-0.39, 0.29) is 6.04 Å². The van der Waals surface area contributed by atoms with Crippen LogP contribution in [0.5, 0.6) is 0 Å². The molecule has 4 heteroatoms. The van der Waals surface area contributed by atoms with Crippen LogP contribution in [0.4, 0.5) is 0 Å². The zero-order valence-corrected chi connectivity index (χ0v) is 11.7. The maximum atomic E-state index is 6.29. The second kappa shape index (κ2) is 5.14. The molecule has 2 nitrogen and oxygen atoms in total. The second-order valence-electron chi connectivity index (χ2n) is 4.67. The smallest absolute Gasteiger partial charge is 0.0725 e. The summed E-state index contributed by atoms with van der Waals surface area (Å²) in [6.07, 6.45) is 0. The molecule has 1 aliphatic rings. The van der Waals surface area contributed by atoms with Crippen LogP contribution in [-0.2, 0) is 18.0 Å². The van der Waals surface area contributed by atoms with Gasteiger partial charge in [0.15, 0.2) is 0 Å². The van der Waals surface area contributed by atoms with Crippen molar-refractivity contribution in [2.24, 2.45) is 5.73 Å². The van der Waals surface area contributed by atoms with Crippen LogP contribution in [0.3, 0.4) is 0 Å². The van der Waals surface area contributed by atoms with E-state index in [9.17, 15) is 0 Å². The molecule has 2 aromatic carbocycles. The van der Waals surface area contributed by atoms with Crippen molar-refractivity contribution in [2.75, 3.05) is 0 Å². The number of hydrogen-bond donors (Lipinski definition) is 1. The summed E-state index contributed by atoms with van der Waals surface area (Å²) >= 11 is 12.0. The Hall–Kier alpha value is -1.06. The molecule has 1 atom stereocenters. The van der Waals surface area contributed by atoms with Crippen molar-refractivity contribution < 1.29 is 4.74 Å². The van der Waals surface area contributed by atoms with Crippen molar-refractivity contribution in [3.63, 3.8) is 0 Å². The first-order valence-electron chi connectivity index (χ1n) is 6.05. The molecule has 0 bridgehead atoms. The Labute approximate surface area is 122 Å². The molecule has 2 aromatic rings. The number of benzene rings is 2. The summed E-state index contributed by atoms with van der Waals surface area (Å²) in [6, 6.07) is 11.5. The summed E-state index contributed by atoms with van der Waals surface area (Å²) in [6.45, 7) is 1.36. The van der Waals surface area contributed by atoms with E-state index in [0.717, 1.165) is 11.1 Å². The zero-order valence-electron chi connectivity index (χ0n) is 10.2. The Morgan fingerprint density at radius 3 is 2.37 bits per heavy atom. The fraction of sp³-hybridized carbons (Fsp3) is 0.200. The molecule has 98 valence electrons. The van der Waals surface area contributed by atoms with Gasteiger partial charge in [0.1, 0.15) is 0 Å². The minimum atomic E-state index is -0.208. The third-order valence-electron chi connectivity index (χ3n) is 3.41. The van der Waals surface area contributed by atoms with E-state index in [1.165, 1.54) is 11.1 Å². The predicted molar refractivity (Wildman–Crippen MR) is 77.4 cm³/mol. The van der Waals surface area contributed by atoms with Crippen molar-refractivity contribution in [1.82, 2.24) is 0 Å². The highest BCUT2D eigenvalue weighted by atomic mass is 35.5. The van der Waals surface area contributed by atoms with Crippen LogP contribution < -0.4 is 5.73 Å². The first-order chi connectivity index (χ1) is 9.15. The van der Waals surface area contributed by atoms with Crippen molar-refractivity contribution in [2.45, 2.75) is 19.3 Å². The van der Waals surface area contributed by atoms with E-state index in [2.05, 4.69) is 12.1 Å².